The zero-order chi connectivity index (χ0) is 17.5. The smallest absolute Gasteiger partial charge is 0.324 e. The van der Waals surface area contributed by atoms with Crippen LogP contribution in [0.1, 0.15) is 36.9 Å². The number of hydrogen-bond acceptors (Lipinski definition) is 6. The Hall–Kier alpha value is -3.30. The highest BCUT2D eigenvalue weighted by Gasteiger charge is 2.39. The number of imide groups is 1. The number of nitrogens with zero attached hydrogens (tertiary/aromatic N) is 3. The van der Waals surface area contributed by atoms with E-state index in [9.17, 15) is 27.6 Å². The number of carbonyl (C=O) groups excluding carboxylic acids is 3. The van der Waals surface area contributed by atoms with Crippen LogP contribution >= 0.6 is 0 Å². The molecule has 0 bridgehead atoms. The molecule has 2 heterocycles. The molecule has 2 aromatic rings. The van der Waals surface area contributed by atoms with Crippen molar-refractivity contribution in [2.75, 3.05) is 0 Å². The number of amides is 2. The number of carbonyl (C=O) groups is 3. The molecule has 1 aromatic carbocycles. The van der Waals surface area contributed by atoms with Crippen LogP contribution in [0.25, 0.3) is 0 Å². The first kappa shape index (κ1) is 15.6. The third-order valence-electron chi connectivity index (χ3n) is 3.07. The number of alkyl halides is 3. The van der Waals surface area contributed by atoms with Gasteiger partial charge in [0.05, 0.1) is 16.7 Å². The van der Waals surface area contributed by atoms with E-state index in [1.165, 1.54) is 24.3 Å². The molecule has 1 aliphatic heterocycles. The van der Waals surface area contributed by atoms with E-state index in [4.69, 9.17) is 0 Å². The third-order valence-corrected chi connectivity index (χ3v) is 3.07. The van der Waals surface area contributed by atoms with E-state index in [2.05, 4.69) is 14.8 Å². The molecule has 1 aliphatic rings. The lowest BCUT2D eigenvalue weighted by Crippen LogP contribution is -2.32. The van der Waals surface area contributed by atoms with E-state index in [0.29, 0.717) is 12.4 Å². The SMILES string of the molecule is O=C(ON1C(=O)c2ccccc2C1=O)c1cnc(C(F)(F)F)nc1. The van der Waals surface area contributed by atoms with Crippen molar-refractivity contribution in [1.29, 1.82) is 0 Å². The fraction of sp³-hybridized carbons (Fsp3) is 0.0714. The van der Waals surface area contributed by atoms with E-state index < -0.39 is 35.3 Å². The number of fused-ring (bicyclic) bond motifs is 1. The van der Waals surface area contributed by atoms with E-state index >= 15 is 0 Å². The maximum absolute atomic E-state index is 12.4. The van der Waals surface area contributed by atoms with Gasteiger partial charge in [-0.1, -0.05) is 17.2 Å². The van der Waals surface area contributed by atoms with Crippen molar-refractivity contribution in [3.05, 3.63) is 59.2 Å². The molecule has 0 saturated carbocycles. The Morgan fingerprint density at radius 2 is 1.50 bits per heavy atom. The highest BCUT2D eigenvalue weighted by Crippen LogP contribution is 2.26. The first-order valence-electron chi connectivity index (χ1n) is 6.38. The van der Waals surface area contributed by atoms with Crippen LogP contribution in [0, 0.1) is 0 Å². The van der Waals surface area contributed by atoms with Crippen LogP contribution in [0.4, 0.5) is 13.2 Å². The summed E-state index contributed by atoms with van der Waals surface area (Å²) in [6.07, 6.45) is -3.57. The standard InChI is InChI=1S/C14H6F3N3O4/c15-14(16,17)13-18-5-7(6-19-13)12(23)24-20-10(21)8-3-1-2-4-9(8)11(20)22/h1-6H. The van der Waals surface area contributed by atoms with Crippen molar-refractivity contribution in [3.8, 4) is 0 Å². The van der Waals surface area contributed by atoms with Crippen molar-refractivity contribution >= 4 is 17.8 Å². The van der Waals surface area contributed by atoms with Gasteiger partial charge in [-0.2, -0.15) is 13.2 Å². The summed E-state index contributed by atoms with van der Waals surface area (Å²) in [4.78, 5) is 46.5. The molecule has 24 heavy (non-hydrogen) atoms. The topological polar surface area (TPSA) is 89.5 Å². The van der Waals surface area contributed by atoms with Crippen molar-refractivity contribution in [1.82, 2.24) is 15.0 Å². The van der Waals surface area contributed by atoms with Crippen molar-refractivity contribution < 1.29 is 32.4 Å². The van der Waals surface area contributed by atoms with Crippen LogP contribution in [-0.4, -0.2) is 32.8 Å². The van der Waals surface area contributed by atoms with Crippen molar-refractivity contribution in [2.24, 2.45) is 0 Å². The molecule has 0 atom stereocenters. The lowest BCUT2D eigenvalue weighted by Gasteiger charge is -2.12. The average molecular weight is 337 g/mol. The minimum absolute atomic E-state index is 0.0546. The summed E-state index contributed by atoms with van der Waals surface area (Å²) < 4.78 is 37.1. The molecule has 0 saturated heterocycles. The average Bonchev–Trinajstić information content (AvgIpc) is 2.79. The molecule has 2 amide bonds. The van der Waals surface area contributed by atoms with Gasteiger partial charge in [0, 0.05) is 12.4 Å². The fourth-order valence-electron chi connectivity index (χ4n) is 1.97. The van der Waals surface area contributed by atoms with Gasteiger partial charge in [-0.3, -0.25) is 9.59 Å². The second-order valence-electron chi connectivity index (χ2n) is 4.62. The Balaban J connectivity index is 1.79. The van der Waals surface area contributed by atoms with Crippen LogP contribution in [0.5, 0.6) is 0 Å². The maximum atomic E-state index is 12.4. The Bertz CT molecular complexity index is 814. The van der Waals surface area contributed by atoms with E-state index in [1.54, 1.807) is 0 Å². The summed E-state index contributed by atoms with van der Waals surface area (Å²) in [7, 11) is 0. The Labute approximate surface area is 131 Å². The molecule has 0 spiro atoms. The predicted molar refractivity (Wildman–Crippen MR) is 69.4 cm³/mol. The van der Waals surface area contributed by atoms with Crippen LogP contribution in [0.3, 0.4) is 0 Å². The molecular weight excluding hydrogens is 331 g/mol. The molecule has 10 heteroatoms. The second kappa shape index (κ2) is 5.41. The number of hydroxylamine groups is 2. The lowest BCUT2D eigenvalue weighted by atomic mass is 10.1. The monoisotopic (exact) mass is 337 g/mol. The van der Waals surface area contributed by atoms with Gasteiger partial charge < -0.3 is 4.84 Å². The van der Waals surface area contributed by atoms with Gasteiger partial charge in [0.15, 0.2) is 0 Å². The summed E-state index contributed by atoms with van der Waals surface area (Å²) in [6, 6.07) is 5.81. The number of hydrogen-bond donors (Lipinski definition) is 0. The summed E-state index contributed by atoms with van der Waals surface area (Å²) in [5, 5.41) is 0.241. The summed E-state index contributed by atoms with van der Waals surface area (Å²) in [5.41, 5.74) is -0.336. The van der Waals surface area contributed by atoms with Gasteiger partial charge in [0.1, 0.15) is 0 Å². The second-order valence-corrected chi connectivity index (χ2v) is 4.62. The van der Waals surface area contributed by atoms with Gasteiger partial charge >= 0.3 is 12.1 Å². The van der Waals surface area contributed by atoms with Crippen molar-refractivity contribution in [2.45, 2.75) is 6.18 Å². The Morgan fingerprint density at radius 3 is 1.96 bits per heavy atom. The molecule has 0 fully saturated rings. The van der Waals surface area contributed by atoms with E-state index in [1.807, 2.05) is 0 Å². The predicted octanol–water partition coefficient (Wildman–Crippen LogP) is 1.86. The number of halogens is 3. The highest BCUT2D eigenvalue weighted by molar-refractivity contribution is 6.21. The van der Waals surface area contributed by atoms with Crippen LogP contribution in [-0.2, 0) is 11.0 Å². The zero-order valence-corrected chi connectivity index (χ0v) is 11.6. The molecule has 0 aliphatic carbocycles. The van der Waals surface area contributed by atoms with E-state index in [0.717, 1.165) is 0 Å². The Morgan fingerprint density at radius 1 is 1.00 bits per heavy atom. The largest absolute Gasteiger partial charge is 0.451 e. The summed E-state index contributed by atoms with van der Waals surface area (Å²) >= 11 is 0. The number of benzene rings is 1. The molecule has 0 unspecified atom stereocenters. The van der Waals surface area contributed by atoms with Crippen LogP contribution < -0.4 is 0 Å². The van der Waals surface area contributed by atoms with Gasteiger partial charge in [0.25, 0.3) is 11.8 Å². The van der Waals surface area contributed by atoms with Crippen LogP contribution in [0.15, 0.2) is 36.7 Å². The molecular formula is C14H6F3N3O4. The normalized spacial score (nSPS) is 13.9. The van der Waals surface area contributed by atoms with Crippen LogP contribution in [0.2, 0.25) is 0 Å². The lowest BCUT2D eigenvalue weighted by molar-refractivity contribution is -0.145. The van der Waals surface area contributed by atoms with Gasteiger partial charge in [-0.05, 0) is 12.1 Å². The molecule has 3 rings (SSSR count). The number of aromatic nitrogens is 2. The molecule has 122 valence electrons. The molecule has 7 nitrogen and oxygen atoms in total. The van der Waals surface area contributed by atoms with Gasteiger partial charge in [-0.25, -0.2) is 14.8 Å². The Kier molecular flexibility index (Phi) is 3.51. The third kappa shape index (κ3) is 2.57. The molecule has 1 aromatic heterocycles. The first-order valence-corrected chi connectivity index (χ1v) is 6.38. The number of rotatable bonds is 2. The molecule has 0 N–H and O–H groups in total. The maximum Gasteiger partial charge on any atom is 0.451 e. The van der Waals surface area contributed by atoms with Crippen molar-refractivity contribution in [3.63, 3.8) is 0 Å². The highest BCUT2D eigenvalue weighted by atomic mass is 19.4. The summed E-state index contributed by atoms with van der Waals surface area (Å²) in [5.74, 6) is -4.37. The van der Waals surface area contributed by atoms with E-state index in [-0.39, 0.29) is 16.2 Å². The quantitative estimate of drug-likeness (QED) is 0.777. The zero-order valence-electron chi connectivity index (χ0n) is 11.6. The molecule has 0 radical (unpaired) electrons. The minimum atomic E-state index is -4.76. The van der Waals surface area contributed by atoms with Gasteiger partial charge in [-0.15, -0.1) is 0 Å². The summed E-state index contributed by atoms with van der Waals surface area (Å²) in [6.45, 7) is 0. The fourth-order valence-corrected chi connectivity index (χ4v) is 1.97. The first-order chi connectivity index (χ1) is 11.3. The van der Waals surface area contributed by atoms with Gasteiger partial charge in [0.2, 0.25) is 5.82 Å². The minimum Gasteiger partial charge on any atom is -0.324 e.